The highest BCUT2D eigenvalue weighted by atomic mass is 79.9. The van der Waals surface area contributed by atoms with Crippen molar-refractivity contribution in [3.63, 3.8) is 0 Å². The summed E-state index contributed by atoms with van der Waals surface area (Å²) in [5.74, 6) is -0.508. The van der Waals surface area contributed by atoms with Gasteiger partial charge in [0, 0.05) is 27.5 Å². The van der Waals surface area contributed by atoms with Gasteiger partial charge >= 0.3 is 0 Å². The fourth-order valence-corrected chi connectivity index (χ4v) is 4.62. The Morgan fingerprint density at radius 3 is 2.62 bits per heavy atom. The maximum atomic E-state index is 14.7. The standard InChI is InChI=1S/C19H20BrClFN3O3Si/c1-29(2,3)28-13(11-23)10-17(19-14(20)5-4-6-15(19)22)24-16-9-12(21)7-8-18(16)25(26)27/h4-9,13,17,24H,10H2,1-3H3/t13?,17-/m1/s1. The van der Waals surface area contributed by atoms with Crippen LogP contribution in [0.25, 0.3) is 0 Å². The van der Waals surface area contributed by atoms with E-state index in [4.69, 9.17) is 16.0 Å². The minimum atomic E-state index is -2.05. The third kappa shape index (κ3) is 6.50. The second kappa shape index (κ2) is 9.67. The van der Waals surface area contributed by atoms with Crippen LogP contribution in [0.2, 0.25) is 24.7 Å². The molecule has 0 bridgehead atoms. The van der Waals surface area contributed by atoms with Gasteiger partial charge in [0.05, 0.1) is 17.0 Å². The first kappa shape index (κ1) is 23.3. The molecule has 2 aromatic rings. The summed E-state index contributed by atoms with van der Waals surface area (Å²) in [5.41, 5.74) is 0.181. The number of nitrogens with one attached hydrogen (secondary N) is 1. The predicted molar refractivity (Wildman–Crippen MR) is 117 cm³/mol. The molecule has 10 heteroatoms. The number of hydrogen-bond donors (Lipinski definition) is 1. The van der Waals surface area contributed by atoms with Gasteiger partial charge in [-0.1, -0.05) is 33.6 Å². The molecule has 2 rings (SSSR count). The monoisotopic (exact) mass is 499 g/mol. The van der Waals surface area contributed by atoms with Crippen molar-refractivity contribution in [2.24, 2.45) is 0 Å². The van der Waals surface area contributed by atoms with Crippen molar-refractivity contribution >= 4 is 47.2 Å². The molecule has 0 fully saturated rings. The van der Waals surface area contributed by atoms with Crippen molar-refractivity contribution in [2.75, 3.05) is 5.32 Å². The number of nitro benzene ring substituents is 1. The normalized spacial score (nSPS) is 13.4. The van der Waals surface area contributed by atoms with Crippen LogP contribution in [0.5, 0.6) is 0 Å². The Morgan fingerprint density at radius 1 is 1.38 bits per heavy atom. The third-order valence-corrected chi connectivity index (χ3v) is 5.84. The average Bonchev–Trinajstić information content (AvgIpc) is 2.59. The van der Waals surface area contributed by atoms with Crippen LogP contribution in [0.4, 0.5) is 15.8 Å². The second-order valence-electron chi connectivity index (χ2n) is 7.33. The molecule has 0 saturated carbocycles. The fraction of sp³-hybridized carbons (Fsp3) is 0.316. The quantitative estimate of drug-likeness (QED) is 0.256. The minimum Gasteiger partial charge on any atom is -0.402 e. The van der Waals surface area contributed by atoms with Crippen molar-refractivity contribution in [2.45, 2.75) is 38.2 Å². The Labute approximate surface area is 183 Å². The SMILES string of the molecule is C[Si](C)(C)OC(C#N)C[C@@H](Nc1cc(Cl)ccc1[N+](=O)[O-])c1c(F)cccc1Br. The van der Waals surface area contributed by atoms with Gasteiger partial charge in [-0.2, -0.15) is 5.26 Å². The zero-order chi connectivity index (χ0) is 21.8. The summed E-state index contributed by atoms with van der Waals surface area (Å²) >= 11 is 9.36. The van der Waals surface area contributed by atoms with Gasteiger partial charge in [-0.3, -0.25) is 10.1 Å². The zero-order valence-corrected chi connectivity index (χ0v) is 19.4. The van der Waals surface area contributed by atoms with Crippen LogP contribution in [-0.4, -0.2) is 19.3 Å². The van der Waals surface area contributed by atoms with E-state index in [-0.39, 0.29) is 23.4 Å². The molecule has 0 spiro atoms. The molecule has 6 nitrogen and oxygen atoms in total. The van der Waals surface area contributed by atoms with Crippen molar-refractivity contribution in [3.05, 3.63) is 67.4 Å². The van der Waals surface area contributed by atoms with Crippen LogP contribution < -0.4 is 5.32 Å². The highest BCUT2D eigenvalue weighted by molar-refractivity contribution is 9.10. The van der Waals surface area contributed by atoms with Crippen LogP contribution in [0, 0.1) is 27.3 Å². The Bertz CT molecular complexity index is 929. The number of nitriles is 1. The maximum Gasteiger partial charge on any atom is 0.292 e. The molecular weight excluding hydrogens is 481 g/mol. The van der Waals surface area contributed by atoms with Crippen LogP contribution in [0.3, 0.4) is 0 Å². The number of halogens is 3. The maximum absolute atomic E-state index is 14.7. The van der Waals surface area contributed by atoms with Gasteiger partial charge in [0.1, 0.15) is 17.6 Å². The van der Waals surface area contributed by atoms with Crippen molar-refractivity contribution in [3.8, 4) is 6.07 Å². The summed E-state index contributed by atoms with van der Waals surface area (Å²) in [7, 11) is -2.05. The first-order valence-corrected chi connectivity index (χ1v) is 13.3. The molecule has 154 valence electrons. The molecular formula is C19H20BrClFN3O3Si. The molecule has 0 saturated heterocycles. The van der Waals surface area contributed by atoms with E-state index >= 15 is 0 Å². The Hall–Kier alpha value is -1.99. The summed E-state index contributed by atoms with van der Waals surface area (Å²) in [6, 6.07) is 9.93. The van der Waals surface area contributed by atoms with Crippen molar-refractivity contribution in [1.29, 1.82) is 5.26 Å². The molecule has 0 aliphatic rings. The Kier molecular flexibility index (Phi) is 7.77. The minimum absolute atomic E-state index is 0.0873. The number of rotatable bonds is 8. The predicted octanol–water partition coefficient (Wildman–Crippen LogP) is 6.44. The number of benzene rings is 2. The van der Waals surface area contributed by atoms with E-state index in [1.165, 1.54) is 24.3 Å². The summed E-state index contributed by atoms with van der Waals surface area (Å²) in [4.78, 5) is 10.9. The lowest BCUT2D eigenvalue weighted by molar-refractivity contribution is -0.384. The molecule has 1 N–H and O–H groups in total. The molecule has 2 atom stereocenters. The van der Waals surface area contributed by atoms with Crippen LogP contribution in [0.1, 0.15) is 18.0 Å². The van der Waals surface area contributed by atoms with Crippen LogP contribution >= 0.6 is 27.5 Å². The molecule has 0 aliphatic carbocycles. The highest BCUT2D eigenvalue weighted by Crippen LogP contribution is 2.36. The van der Waals surface area contributed by atoms with E-state index in [1.807, 2.05) is 19.6 Å². The molecule has 2 aromatic carbocycles. The molecule has 0 aromatic heterocycles. The van der Waals surface area contributed by atoms with Gasteiger partial charge in [0.15, 0.2) is 8.32 Å². The first-order valence-electron chi connectivity index (χ1n) is 8.73. The number of hydrogen-bond acceptors (Lipinski definition) is 5. The van der Waals surface area contributed by atoms with E-state index in [0.29, 0.717) is 9.50 Å². The topological polar surface area (TPSA) is 88.2 Å². The van der Waals surface area contributed by atoms with Crippen LogP contribution in [0.15, 0.2) is 40.9 Å². The average molecular weight is 501 g/mol. The fourth-order valence-electron chi connectivity index (χ4n) is 2.83. The number of anilines is 1. The van der Waals surface area contributed by atoms with E-state index < -0.39 is 31.2 Å². The Balaban J connectivity index is 2.50. The van der Waals surface area contributed by atoms with Gasteiger partial charge in [-0.05, 0) is 43.9 Å². The van der Waals surface area contributed by atoms with Gasteiger partial charge < -0.3 is 9.74 Å². The van der Waals surface area contributed by atoms with Crippen LogP contribution in [-0.2, 0) is 4.43 Å². The lowest BCUT2D eigenvalue weighted by atomic mass is 9.99. The number of nitrogens with zero attached hydrogens (tertiary/aromatic N) is 2. The van der Waals surface area contributed by atoms with Gasteiger partial charge in [-0.15, -0.1) is 0 Å². The first-order chi connectivity index (χ1) is 13.5. The largest absolute Gasteiger partial charge is 0.402 e. The van der Waals surface area contributed by atoms with E-state index in [0.717, 1.165) is 0 Å². The lowest BCUT2D eigenvalue weighted by Crippen LogP contribution is -2.33. The van der Waals surface area contributed by atoms with Gasteiger partial charge in [0.25, 0.3) is 5.69 Å². The second-order valence-corrected chi connectivity index (χ2v) is 13.1. The molecule has 0 heterocycles. The summed E-state index contributed by atoms with van der Waals surface area (Å²) < 4.78 is 21.1. The van der Waals surface area contributed by atoms with E-state index in [1.54, 1.807) is 12.1 Å². The van der Waals surface area contributed by atoms with Gasteiger partial charge in [-0.25, -0.2) is 4.39 Å². The zero-order valence-electron chi connectivity index (χ0n) is 16.1. The smallest absolute Gasteiger partial charge is 0.292 e. The molecule has 0 amide bonds. The van der Waals surface area contributed by atoms with Gasteiger partial charge in [0.2, 0.25) is 0 Å². The molecule has 1 unspecified atom stereocenters. The summed E-state index contributed by atoms with van der Waals surface area (Å²) in [5, 5.41) is 24.3. The molecule has 29 heavy (non-hydrogen) atoms. The van der Waals surface area contributed by atoms with Crippen molar-refractivity contribution in [1.82, 2.24) is 0 Å². The van der Waals surface area contributed by atoms with E-state index in [9.17, 15) is 19.8 Å². The summed E-state index contributed by atoms with van der Waals surface area (Å²) in [6.45, 7) is 5.84. The number of nitro groups is 1. The third-order valence-electron chi connectivity index (χ3n) is 3.92. The molecule has 0 radical (unpaired) electrons. The Morgan fingerprint density at radius 2 is 2.07 bits per heavy atom. The summed E-state index contributed by atoms with van der Waals surface area (Å²) in [6.07, 6.45) is -0.729. The van der Waals surface area contributed by atoms with E-state index in [2.05, 4.69) is 27.3 Å². The molecule has 0 aliphatic heterocycles. The van der Waals surface area contributed by atoms with Crippen molar-refractivity contribution < 1.29 is 13.7 Å². The highest BCUT2D eigenvalue weighted by Gasteiger charge is 2.29. The lowest BCUT2D eigenvalue weighted by Gasteiger charge is -2.27.